The van der Waals surface area contributed by atoms with Crippen LogP contribution in [-0.4, -0.2) is 0 Å². The summed E-state index contributed by atoms with van der Waals surface area (Å²) >= 11 is 11.5. The average Bonchev–Trinajstić information content (AvgIpc) is 2.04. The van der Waals surface area contributed by atoms with Crippen LogP contribution in [0.3, 0.4) is 0 Å². The number of allylic oxidation sites excluding steroid dienone is 6. The molecule has 0 saturated heterocycles. The summed E-state index contributed by atoms with van der Waals surface area (Å²) in [6.07, 6.45) is 7.67. The molecule has 2 heteroatoms. The zero-order valence-electron chi connectivity index (χ0n) is 5.64. The lowest BCUT2D eigenvalue weighted by atomic mass is 10.2. The van der Waals surface area contributed by atoms with Crippen molar-refractivity contribution in [1.29, 1.82) is 0 Å². The van der Waals surface area contributed by atoms with Crippen LogP contribution in [0.1, 0.15) is 6.92 Å². The minimum Gasteiger partial charge on any atom is -0.0827 e. The Morgan fingerprint density at radius 3 is 1.90 bits per heavy atom. The highest BCUT2D eigenvalue weighted by Gasteiger charge is 1.99. The first-order valence-corrected chi connectivity index (χ1v) is 3.87. The van der Waals surface area contributed by atoms with E-state index in [1.54, 1.807) is 0 Å². The second-order valence-corrected chi connectivity index (χ2v) is 3.09. The molecular weight excluding hydrogens is 167 g/mol. The fraction of sp³-hybridized carbons (Fsp3) is 0.250. The second-order valence-electron chi connectivity index (χ2n) is 2.27. The standard InChI is InChI=1S/C8H8Cl2/c1-6-2-4-7(9)8(10)5-3-6/h2-6H,1H3. The van der Waals surface area contributed by atoms with Crippen molar-refractivity contribution in [3.05, 3.63) is 34.4 Å². The molecule has 0 fully saturated rings. The molecule has 0 N–H and O–H groups in total. The average molecular weight is 175 g/mol. The number of hydrogen-bond donors (Lipinski definition) is 0. The van der Waals surface area contributed by atoms with Crippen molar-refractivity contribution in [2.24, 2.45) is 5.92 Å². The van der Waals surface area contributed by atoms with E-state index in [2.05, 4.69) is 6.92 Å². The van der Waals surface area contributed by atoms with E-state index in [1.807, 2.05) is 24.3 Å². The van der Waals surface area contributed by atoms with Crippen LogP contribution < -0.4 is 0 Å². The Morgan fingerprint density at radius 1 is 1.10 bits per heavy atom. The predicted molar refractivity (Wildman–Crippen MR) is 46.2 cm³/mol. The van der Waals surface area contributed by atoms with Gasteiger partial charge in [-0.05, 0) is 18.1 Å². The largest absolute Gasteiger partial charge is 0.0827 e. The smallest absolute Gasteiger partial charge is 0.0589 e. The number of hydrogen-bond acceptors (Lipinski definition) is 0. The molecule has 1 aliphatic rings. The third-order valence-corrected chi connectivity index (χ3v) is 2.08. The van der Waals surface area contributed by atoms with E-state index >= 15 is 0 Å². The first kappa shape index (κ1) is 7.90. The summed E-state index contributed by atoms with van der Waals surface area (Å²) in [5.41, 5.74) is 0. The maximum Gasteiger partial charge on any atom is 0.0589 e. The van der Waals surface area contributed by atoms with Gasteiger partial charge in [-0.3, -0.25) is 0 Å². The lowest BCUT2D eigenvalue weighted by Crippen LogP contribution is -1.77. The molecule has 0 aromatic rings. The second kappa shape index (κ2) is 3.27. The summed E-state index contributed by atoms with van der Waals surface area (Å²) < 4.78 is 0. The molecule has 1 aliphatic carbocycles. The van der Waals surface area contributed by atoms with E-state index in [9.17, 15) is 0 Å². The minimum atomic E-state index is 0.421. The summed E-state index contributed by atoms with van der Waals surface area (Å²) in [7, 11) is 0. The SMILES string of the molecule is CC1C=CC(Cl)=C(Cl)C=C1. The van der Waals surface area contributed by atoms with Crippen LogP contribution in [0.2, 0.25) is 0 Å². The topological polar surface area (TPSA) is 0 Å². The van der Waals surface area contributed by atoms with Crippen LogP contribution in [0, 0.1) is 5.92 Å². The van der Waals surface area contributed by atoms with Crippen LogP contribution in [-0.2, 0) is 0 Å². The van der Waals surface area contributed by atoms with Crippen molar-refractivity contribution < 1.29 is 0 Å². The zero-order chi connectivity index (χ0) is 7.56. The highest BCUT2D eigenvalue weighted by Crippen LogP contribution is 2.21. The van der Waals surface area contributed by atoms with Gasteiger partial charge in [0.15, 0.2) is 0 Å². The van der Waals surface area contributed by atoms with Gasteiger partial charge < -0.3 is 0 Å². The summed E-state index contributed by atoms with van der Waals surface area (Å²) in [6.45, 7) is 2.08. The van der Waals surface area contributed by atoms with Gasteiger partial charge in [-0.15, -0.1) is 0 Å². The van der Waals surface area contributed by atoms with E-state index in [4.69, 9.17) is 23.2 Å². The molecule has 0 aliphatic heterocycles. The lowest BCUT2D eigenvalue weighted by Gasteiger charge is -1.91. The summed E-state index contributed by atoms with van der Waals surface area (Å²) in [5, 5.41) is 1.23. The Labute approximate surface area is 70.8 Å². The molecule has 1 rings (SSSR count). The molecule has 0 atom stereocenters. The molecule has 0 bridgehead atoms. The Kier molecular flexibility index (Phi) is 2.58. The van der Waals surface area contributed by atoms with Gasteiger partial charge in [-0.2, -0.15) is 0 Å². The maximum atomic E-state index is 5.75. The quantitative estimate of drug-likeness (QED) is 0.529. The van der Waals surface area contributed by atoms with Gasteiger partial charge in [0, 0.05) is 0 Å². The molecule has 0 spiro atoms. The first-order valence-electron chi connectivity index (χ1n) is 3.12. The van der Waals surface area contributed by atoms with Gasteiger partial charge >= 0.3 is 0 Å². The molecule has 54 valence electrons. The van der Waals surface area contributed by atoms with Gasteiger partial charge in [0.2, 0.25) is 0 Å². The van der Waals surface area contributed by atoms with Crippen LogP contribution >= 0.6 is 23.2 Å². The molecule has 0 unspecified atom stereocenters. The highest BCUT2D eigenvalue weighted by atomic mass is 35.5. The zero-order valence-corrected chi connectivity index (χ0v) is 7.15. The fourth-order valence-electron chi connectivity index (χ4n) is 0.696. The van der Waals surface area contributed by atoms with Crippen molar-refractivity contribution in [2.75, 3.05) is 0 Å². The summed E-state index contributed by atoms with van der Waals surface area (Å²) in [6, 6.07) is 0. The normalized spacial score (nSPS) is 19.9. The predicted octanol–water partition coefficient (Wildman–Crippen LogP) is 3.44. The van der Waals surface area contributed by atoms with Gasteiger partial charge in [0.25, 0.3) is 0 Å². The van der Waals surface area contributed by atoms with E-state index in [1.165, 1.54) is 0 Å². The molecule has 0 aromatic heterocycles. The van der Waals surface area contributed by atoms with E-state index in [0.717, 1.165) is 0 Å². The van der Waals surface area contributed by atoms with Gasteiger partial charge in [-0.1, -0.05) is 42.3 Å². The Hall–Kier alpha value is -0.200. The molecule has 0 heterocycles. The lowest BCUT2D eigenvalue weighted by molar-refractivity contribution is 0.942. The fourth-order valence-corrected chi connectivity index (χ4v) is 0.967. The highest BCUT2D eigenvalue weighted by molar-refractivity contribution is 6.41. The van der Waals surface area contributed by atoms with Gasteiger partial charge in [0.05, 0.1) is 10.1 Å². The van der Waals surface area contributed by atoms with Crippen molar-refractivity contribution in [2.45, 2.75) is 6.92 Å². The van der Waals surface area contributed by atoms with Crippen LogP contribution in [0.4, 0.5) is 0 Å². The third kappa shape index (κ3) is 1.89. The Bertz CT molecular complexity index is 189. The third-order valence-electron chi connectivity index (χ3n) is 1.32. The molecule has 0 saturated carbocycles. The van der Waals surface area contributed by atoms with Crippen LogP contribution in [0.5, 0.6) is 0 Å². The van der Waals surface area contributed by atoms with Crippen LogP contribution in [0.25, 0.3) is 0 Å². The number of rotatable bonds is 0. The minimum absolute atomic E-state index is 0.421. The van der Waals surface area contributed by atoms with Gasteiger partial charge in [-0.25, -0.2) is 0 Å². The van der Waals surface area contributed by atoms with E-state index < -0.39 is 0 Å². The summed E-state index contributed by atoms with van der Waals surface area (Å²) in [5.74, 6) is 0.421. The Balaban J connectivity index is 2.91. The van der Waals surface area contributed by atoms with Crippen LogP contribution in [0.15, 0.2) is 34.4 Å². The van der Waals surface area contributed by atoms with Crippen molar-refractivity contribution in [3.63, 3.8) is 0 Å². The molecule has 0 amide bonds. The van der Waals surface area contributed by atoms with Gasteiger partial charge in [0.1, 0.15) is 0 Å². The van der Waals surface area contributed by atoms with E-state index in [-0.39, 0.29) is 0 Å². The first-order chi connectivity index (χ1) is 4.70. The monoisotopic (exact) mass is 174 g/mol. The molecule has 0 aromatic carbocycles. The van der Waals surface area contributed by atoms with Crippen molar-refractivity contribution in [1.82, 2.24) is 0 Å². The maximum absolute atomic E-state index is 5.75. The molecule has 0 radical (unpaired) electrons. The summed E-state index contributed by atoms with van der Waals surface area (Å²) in [4.78, 5) is 0. The number of halogens is 2. The Morgan fingerprint density at radius 2 is 1.50 bits per heavy atom. The van der Waals surface area contributed by atoms with Crippen molar-refractivity contribution >= 4 is 23.2 Å². The molecule has 0 nitrogen and oxygen atoms in total. The molecule has 10 heavy (non-hydrogen) atoms. The van der Waals surface area contributed by atoms with E-state index in [0.29, 0.717) is 16.0 Å². The van der Waals surface area contributed by atoms with Crippen molar-refractivity contribution in [3.8, 4) is 0 Å². The molecular formula is C8H8Cl2.